The van der Waals surface area contributed by atoms with E-state index < -0.39 is 11.5 Å². The molecule has 2 bridgehead atoms. The van der Waals surface area contributed by atoms with Gasteiger partial charge in [0, 0.05) is 13.0 Å². The van der Waals surface area contributed by atoms with Crippen LogP contribution in [0.2, 0.25) is 0 Å². The maximum absolute atomic E-state index is 14.1. The van der Waals surface area contributed by atoms with Crippen molar-refractivity contribution in [3.05, 3.63) is 71.8 Å². The van der Waals surface area contributed by atoms with E-state index in [9.17, 15) is 9.59 Å². The van der Waals surface area contributed by atoms with Crippen LogP contribution in [0.4, 0.5) is 0 Å². The molecular formula is C37H48O7. The normalized spacial score (nSPS) is 37.5. The maximum Gasteiger partial charge on any atom is 0.338 e. The lowest BCUT2D eigenvalue weighted by Crippen LogP contribution is -2.68. The topological polar surface area (TPSA) is 80.3 Å². The molecule has 4 aliphatic carbocycles. The molecule has 44 heavy (non-hydrogen) atoms. The summed E-state index contributed by atoms with van der Waals surface area (Å²) < 4.78 is 30.3. The van der Waals surface area contributed by atoms with Crippen LogP contribution >= 0.6 is 0 Å². The Hall–Kier alpha value is -2.74. The van der Waals surface area contributed by atoms with Crippen molar-refractivity contribution in [2.24, 2.45) is 33.5 Å². The van der Waals surface area contributed by atoms with Crippen molar-refractivity contribution in [2.45, 2.75) is 84.0 Å². The Kier molecular flexibility index (Phi) is 8.68. The van der Waals surface area contributed by atoms with E-state index in [1.807, 2.05) is 48.5 Å². The van der Waals surface area contributed by atoms with E-state index >= 15 is 0 Å². The maximum atomic E-state index is 14.1. The van der Waals surface area contributed by atoms with Gasteiger partial charge in [-0.15, -0.1) is 0 Å². The molecule has 2 aromatic carbocycles. The highest BCUT2D eigenvalue weighted by molar-refractivity contribution is 5.89. The summed E-state index contributed by atoms with van der Waals surface area (Å²) in [6, 6.07) is 19.2. The highest BCUT2D eigenvalue weighted by Crippen LogP contribution is 2.77. The predicted molar refractivity (Wildman–Crippen MR) is 166 cm³/mol. The Morgan fingerprint density at radius 3 is 2.32 bits per heavy atom. The van der Waals surface area contributed by atoms with Gasteiger partial charge in [0.1, 0.15) is 12.9 Å². The van der Waals surface area contributed by atoms with E-state index in [2.05, 4.69) is 13.8 Å². The lowest BCUT2D eigenvalue weighted by Gasteiger charge is -2.68. The highest BCUT2D eigenvalue weighted by Gasteiger charge is 2.74. The molecule has 0 heterocycles. The van der Waals surface area contributed by atoms with Gasteiger partial charge in [-0.25, -0.2) is 4.79 Å². The molecule has 4 fully saturated rings. The standard InChI is InChI=1S/C37H48O7/c1-34-18-19-37(23-34)28(21-30(34)43-25-40-3)20-29(44-32(38)27-14-9-6-10-15-27)31-35(37,2)16-11-17-36(31,33(39)41-4)24-42-22-26-12-7-5-8-13-26/h5-10,12-15,28-31H,11,16-25H2,1-4H3/t28-,29+,30-,31+,34-,35-,36+,37-/m0/s1. The molecular weight excluding hydrogens is 556 g/mol. The third-order valence-electron chi connectivity index (χ3n) is 12.3. The fraction of sp³-hybridized carbons (Fsp3) is 0.622. The number of carbonyl (C=O) groups is 2. The number of carbonyl (C=O) groups excluding carboxylic acids is 2. The Morgan fingerprint density at radius 1 is 0.886 bits per heavy atom. The van der Waals surface area contributed by atoms with Crippen LogP contribution in [0.5, 0.6) is 0 Å². The van der Waals surface area contributed by atoms with Gasteiger partial charge in [-0.1, -0.05) is 68.8 Å². The Balaban J connectivity index is 1.41. The first-order valence-electron chi connectivity index (χ1n) is 16.3. The number of ether oxygens (including phenoxy) is 5. The lowest BCUT2D eigenvalue weighted by atomic mass is 9.37. The quantitative estimate of drug-likeness (QED) is 0.214. The molecule has 0 aliphatic heterocycles. The van der Waals surface area contributed by atoms with E-state index in [0.717, 1.165) is 44.1 Å². The van der Waals surface area contributed by atoms with Crippen LogP contribution < -0.4 is 0 Å². The molecule has 2 aromatic rings. The van der Waals surface area contributed by atoms with Crippen molar-refractivity contribution < 1.29 is 33.3 Å². The average molecular weight is 605 g/mol. The molecule has 6 rings (SSSR count). The molecule has 0 saturated heterocycles. The minimum absolute atomic E-state index is 0.00806. The van der Waals surface area contributed by atoms with Gasteiger partial charge in [0.15, 0.2) is 0 Å². The summed E-state index contributed by atoms with van der Waals surface area (Å²) in [5, 5.41) is 0. The molecule has 1 spiro atoms. The third-order valence-corrected chi connectivity index (χ3v) is 12.3. The van der Waals surface area contributed by atoms with Gasteiger partial charge in [-0.2, -0.15) is 0 Å². The molecule has 0 radical (unpaired) electrons. The third kappa shape index (κ3) is 5.09. The zero-order valence-corrected chi connectivity index (χ0v) is 26.7. The first kappa shape index (κ1) is 31.3. The van der Waals surface area contributed by atoms with Gasteiger partial charge in [-0.05, 0) is 84.8 Å². The number of benzene rings is 2. The molecule has 238 valence electrons. The van der Waals surface area contributed by atoms with E-state index in [-0.39, 0.29) is 53.6 Å². The minimum atomic E-state index is -0.930. The van der Waals surface area contributed by atoms with Gasteiger partial charge >= 0.3 is 11.9 Å². The molecule has 0 amide bonds. The van der Waals surface area contributed by atoms with Crippen LogP contribution in [0.3, 0.4) is 0 Å². The van der Waals surface area contributed by atoms with E-state index in [4.69, 9.17) is 23.7 Å². The minimum Gasteiger partial charge on any atom is -0.469 e. The van der Waals surface area contributed by atoms with Crippen LogP contribution in [0.25, 0.3) is 0 Å². The summed E-state index contributed by atoms with van der Waals surface area (Å²) in [6.45, 7) is 5.67. The first-order valence-corrected chi connectivity index (χ1v) is 16.3. The molecule has 8 atom stereocenters. The number of esters is 2. The molecule has 4 saturated carbocycles. The molecule has 4 aliphatic rings. The number of methoxy groups -OCH3 is 2. The van der Waals surface area contributed by atoms with Gasteiger partial charge < -0.3 is 23.7 Å². The molecule has 0 aromatic heterocycles. The summed E-state index contributed by atoms with van der Waals surface area (Å²) in [6.07, 6.45) is 6.92. The zero-order chi connectivity index (χ0) is 31.0. The largest absolute Gasteiger partial charge is 0.469 e. The van der Waals surface area contributed by atoms with Crippen molar-refractivity contribution >= 4 is 11.9 Å². The number of hydrogen-bond acceptors (Lipinski definition) is 7. The second-order valence-corrected chi connectivity index (χ2v) is 14.4. The van der Waals surface area contributed by atoms with Crippen LogP contribution in [-0.4, -0.2) is 51.8 Å². The Morgan fingerprint density at radius 2 is 1.61 bits per heavy atom. The van der Waals surface area contributed by atoms with Crippen molar-refractivity contribution in [3.8, 4) is 0 Å². The van der Waals surface area contributed by atoms with Crippen molar-refractivity contribution in [1.29, 1.82) is 0 Å². The fourth-order valence-electron chi connectivity index (χ4n) is 10.4. The first-order chi connectivity index (χ1) is 21.2. The molecule has 7 nitrogen and oxygen atoms in total. The second kappa shape index (κ2) is 12.2. The van der Waals surface area contributed by atoms with Gasteiger partial charge in [0.2, 0.25) is 0 Å². The second-order valence-electron chi connectivity index (χ2n) is 14.4. The van der Waals surface area contributed by atoms with E-state index in [1.54, 1.807) is 19.2 Å². The Bertz CT molecular complexity index is 1320. The van der Waals surface area contributed by atoms with Crippen molar-refractivity contribution in [3.63, 3.8) is 0 Å². The predicted octanol–water partition coefficient (Wildman–Crippen LogP) is 6.98. The molecule has 0 N–H and O–H groups in total. The molecule has 0 unspecified atom stereocenters. The smallest absolute Gasteiger partial charge is 0.338 e. The summed E-state index contributed by atoms with van der Waals surface area (Å²) in [7, 11) is 3.15. The summed E-state index contributed by atoms with van der Waals surface area (Å²) in [5.41, 5.74) is 0.429. The summed E-state index contributed by atoms with van der Waals surface area (Å²) in [4.78, 5) is 27.9. The summed E-state index contributed by atoms with van der Waals surface area (Å²) >= 11 is 0. The number of fused-ring (bicyclic) bond motifs is 2. The number of hydrogen-bond donors (Lipinski definition) is 0. The van der Waals surface area contributed by atoms with Crippen molar-refractivity contribution in [1.82, 2.24) is 0 Å². The summed E-state index contributed by atoms with van der Waals surface area (Å²) in [5.74, 6) is -0.541. The van der Waals surface area contributed by atoms with Crippen LogP contribution in [0.1, 0.15) is 81.1 Å². The van der Waals surface area contributed by atoms with Crippen molar-refractivity contribution in [2.75, 3.05) is 27.6 Å². The molecule has 7 heteroatoms. The van der Waals surface area contributed by atoms with Gasteiger partial charge in [0.05, 0.1) is 37.4 Å². The van der Waals surface area contributed by atoms with Gasteiger partial charge in [0.25, 0.3) is 0 Å². The lowest BCUT2D eigenvalue weighted by molar-refractivity contribution is -0.251. The number of rotatable bonds is 10. The monoisotopic (exact) mass is 604 g/mol. The average Bonchev–Trinajstić information content (AvgIpc) is 3.36. The SMILES string of the molecule is COCO[C@H]1C[C@@H]2C[C@@H](OC(=O)c3ccccc3)[C@H]3[C@@](COCc4ccccc4)(C(=O)OC)CCC[C@]3(C)[C@]23CC[C@@]1(C)C3. The fourth-order valence-corrected chi connectivity index (χ4v) is 10.4. The van der Waals surface area contributed by atoms with Crippen LogP contribution in [0.15, 0.2) is 60.7 Å². The zero-order valence-electron chi connectivity index (χ0n) is 26.7. The van der Waals surface area contributed by atoms with E-state index in [0.29, 0.717) is 30.9 Å². The highest BCUT2D eigenvalue weighted by atomic mass is 16.7. The van der Waals surface area contributed by atoms with Crippen LogP contribution in [0, 0.1) is 33.5 Å². The Labute approximate surface area is 261 Å². The van der Waals surface area contributed by atoms with Crippen LogP contribution in [-0.2, 0) is 35.1 Å². The van der Waals surface area contributed by atoms with E-state index in [1.165, 1.54) is 7.11 Å². The van der Waals surface area contributed by atoms with Gasteiger partial charge in [-0.3, -0.25) is 4.79 Å².